The van der Waals surface area contributed by atoms with Gasteiger partial charge in [0.05, 0.1) is 5.52 Å². The highest BCUT2D eigenvalue weighted by Gasteiger charge is 2.28. The third-order valence-electron chi connectivity index (χ3n) is 3.43. The van der Waals surface area contributed by atoms with Gasteiger partial charge in [-0.1, -0.05) is 0 Å². The lowest BCUT2D eigenvalue weighted by molar-refractivity contribution is -0.123. The van der Waals surface area contributed by atoms with E-state index in [-0.39, 0.29) is 28.9 Å². The largest absolute Gasteiger partial charge is 0.369 e. The Hall–Kier alpha value is -2.18. The van der Waals surface area contributed by atoms with E-state index in [0.29, 0.717) is 0 Å². The number of amides is 1. The number of imidazole rings is 1. The van der Waals surface area contributed by atoms with Crippen molar-refractivity contribution in [2.45, 2.75) is 31.8 Å². The van der Waals surface area contributed by atoms with Crippen molar-refractivity contribution in [3.05, 3.63) is 23.8 Å². The number of hydrogen-bond donors (Lipinski definition) is 2. The summed E-state index contributed by atoms with van der Waals surface area (Å²) in [6.45, 7) is 1.62. The Morgan fingerprint density at radius 1 is 1.50 bits per heavy atom. The van der Waals surface area contributed by atoms with Gasteiger partial charge >= 0.3 is 0 Å². The van der Waals surface area contributed by atoms with E-state index in [1.165, 1.54) is 4.57 Å². The van der Waals surface area contributed by atoms with Crippen LogP contribution >= 0.6 is 0 Å². The van der Waals surface area contributed by atoms with Crippen molar-refractivity contribution >= 4 is 22.9 Å². The molecule has 1 aliphatic rings. The molecule has 1 atom stereocenters. The smallest absolute Gasteiger partial charge is 0.243 e. The van der Waals surface area contributed by atoms with Crippen LogP contribution < -0.4 is 11.1 Å². The average Bonchev–Trinajstić information content (AvgIpc) is 3.11. The number of carbonyl (C=O) groups is 1. The second kappa shape index (κ2) is 4.43. The minimum absolute atomic E-state index is 0.0112. The second-order valence-corrected chi connectivity index (χ2v) is 5.05. The number of carbonyl (C=O) groups excluding carboxylic acids is 1. The van der Waals surface area contributed by atoms with E-state index in [2.05, 4.69) is 10.3 Å². The summed E-state index contributed by atoms with van der Waals surface area (Å²) < 4.78 is 28.3. The van der Waals surface area contributed by atoms with Crippen LogP contribution in [0.5, 0.6) is 0 Å². The minimum Gasteiger partial charge on any atom is -0.369 e. The molecule has 1 fully saturated rings. The summed E-state index contributed by atoms with van der Waals surface area (Å²) in [6, 6.07) is 1.40. The molecule has 0 aliphatic heterocycles. The summed E-state index contributed by atoms with van der Waals surface area (Å²) in [4.78, 5) is 15.9. The van der Waals surface area contributed by atoms with Crippen molar-refractivity contribution in [3.63, 3.8) is 0 Å². The molecule has 3 rings (SSSR count). The second-order valence-electron chi connectivity index (χ2n) is 5.05. The Kier molecular flexibility index (Phi) is 2.84. The van der Waals surface area contributed by atoms with E-state index in [1.54, 1.807) is 6.92 Å². The van der Waals surface area contributed by atoms with Crippen LogP contribution in [0.25, 0.3) is 11.0 Å². The molecular weight excluding hydrogens is 266 g/mol. The number of nitrogen functional groups attached to an aromatic ring is 1. The first kappa shape index (κ1) is 12.8. The third kappa shape index (κ3) is 2.09. The molecule has 20 heavy (non-hydrogen) atoms. The van der Waals surface area contributed by atoms with Crippen LogP contribution in [0.4, 0.5) is 14.7 Å². The fourth-order valence-corrected chi connectivity index (χ4v) is 2.21. The molecule has 5 nitrogen and oxygen atoms in total. The lowest BCUT2D eigenvalue weighted by atomic mass is 10.2. The van der Waals surface area contributed by atoms with Gasteiger partial charge in [0.25, 0.3) is 0 Å². The van der Waals surface area contributed by atoms with Crippen molar-refractivity contribution < 1.29 is 13.6 Å². The highest BCUT2D eigenvalue weighted by Crippen LogP contribution is 2.27. The number of halogens is 2. The van der Waals surface area contributed by atoms with Gasteiger partial charge in [-0.3, -0.25) is 9.36 Å². The summed E-state index contributed by atoms with van der Waals surface area (Å²) in [6.07, 6.45) is 1.92. The number of nitrogens with two attached hydrogens (primary N) is 1. The quantitative estimate of drug-likeness (QED) is 0.899. The molecule has 1 unspecified atom stereocenters. The lowest BCUT2D eigenvalue weighted by Gasteiger charge is -2.15. The van der Waals surface area contributed by atoms with Crippen LogP contribution in [0.15, 0.2) is 12.1 Å². The van der Waals surface area contributed by atoms with Crippen molar-refractivity contribution in [2.75, 3.05) is 5.73 Å². The number of nitrogens with one attached hydrogen (secondary N) is 1. The summed E-state index contributed by atoms with van der Waals surface area (Å²) >= 11 is 0. The zero-order chi connectivity index (χ0) is 14.4. The predicted octanol–water partition coefficient (Wildman–Crippen LogP) is 1.74. The molecule has 0 radical (unpaired) electrons. The van der Waals surface area contributed by atoms with E-state index in [4.69, 9.17) is 5.73 Å². The van der Waals surface area contributed by atoms with Crippen molar-refractivity contribution in [1.82, 2.24) is 14.9 Å². The maximum Gasteiger partial charge on any atom is 0.243 e. The first-order valence-corrected chi connectivity index (χ1v) is 6.40. The fraction of sp³-hybridized carbons (Fsp3) is 0.385. The standard InChI is InChI=1S/C13H14F2N4O/c1-6(12(20)17-8-2-3-8)19-10-5-7(14)4-9(15)11(10)18-13(19)16/h4-6,8H,2-3H2,1H3,(H2,16,18)(H,17,20). The van der Waals surface area contributed by atoms with Crippen molar-refractivity contribution in [3.8, 4) is 0 Å². The first-order valence-electron chi connectivity index (χ1n) is 6.40. The number of benzene rings is 1. The maximum absolute atomic E-state index is 13.7. The molecule has 1 saturated carbocycles. The Bertz CT molecular complexity index is 693. The average molecular weight is 280 g/mol. The highest BCUT2D eigenvalue weighted by atomic mass is 19.1. The normalized spacial score (nSPS) is 16.4. The first-order chi connectivity index (χ1) is 9.47. The predicted molar refractivity (Wildman–Crippen MR) is 69.9 cm³/mol. The number of aromatic nitrogens is 2. The molecule has 2 aromatic rings. The van der Waals surface area contributed by atoms with Gasteiger partial charge in [0.1, 0.15) is 17.4 Å². The van der Waals surface area contributed by atoms with Crippen LogP contribution in [-0.2, 0) is 4.79 Å². The topological polar surface area (TPSA) is 72.9 Å². The Morgan fingerprint density at radius 2 is 2.20 bits per heavy atom. The van der Waals surface area contributed by atoms with E-state index >= 15 is 0 Å². The zero-order valence-electron chi connectivity index (χ0n) is 10.9. The number of fused-ring (bicyclic) bond motifs is 1. The van der Waals surface area contributed by atoms with E-state index in [0.717, 1.165) is 25.0 Å². The van der Waals surface area contributed by atoms with Gasteiger partial charge in [-0.2, -0.15) is 0 Å². The highest BCUT2D eigenvalue weighted by molar-refractivity contribution is 5.86. The maximum atomic E-state index is 13.7. The van der Waals surface area contributed by atoms with Crippen LogP contribution in [0.3, 0.4) is 0 Å². The van der Waals surface area contributed by atoms with Crippen LogP contribution in [0.1, 0.15) is 25.8 Å². The molecule has 106 valence electrons. The Morgan fingerprint density at radius 3 is 2.85 bits per heavy atom. The molecule has 1 amide bonds. The van der Waals surface area contributed by atoms with E-state index < -0.39 is 17.7 Å². The van der Waals surface area contributed by atoms with Gasteiger partial charge < -0.3 is 11.1 Å². The van der Waals surface area contributed by atoms with Gasteiger partial charge in [0.2, 0.25) is 11.9 Å². The molecule has 1 aromatic carbocycles. The van der Waals surface area contributed by atoms with Gasteiger partial charge in [-0.05, 0) is 19.8 Å². The van der Waals surface area contributed by atoms with Crippen LogP contribution in [-0.4, -0.2) is 21.5 Å². The zero-order valence-corrected chi connectivity index (χ0v) is 10.9. The molecule has 3 N–H and O–H groups in total. The molecule has 0 bridgehead atoms. The molecular formula is C13H14F2N4O. The fourth-order valence-electron chi connectivity index (χ4n) is 2.21. The summed E-state index contributed by atoms with van der Waals surface area (Å²) in [5.74, 6) is -1.77. The lowest BCUT2D eigenvalue weighted by Crippen LogP contribution is -2.32. The summed E-state index contributed by atoms with van der Waals surface area (Å²) in [7, 11) is 0. The van der Waals surface area contributed by atoms with Gasteiger partial charge in [0.15, 0.2) is 5.82 Å². The van der Waals surface area contributed by atoms with Crippen molar-refractivity contribution in [2.24, 2.45) is 0 Å². The molecule has 7 heteroatoms. The van der Waals surface area contributed by atoms with E-state index in [9.17, 15) is 13.6 Å². The van der Waals surface area contributed by atoms with Gasteiger partial charge in [-0.15, -0.1) is 0 Å². The number of hydrogen-bond acceptors (Lipinski definition) is 3. The van der Waals surface area contributed by atoms with Gasteiger partial charge in [0, 0.05) is 18.2 Å². The van der Waals surface area contributed by atoms with Crippen molar-refractivity contribution in [1.29, 1.82) is 0 Å². The molecule has 1 heterocycles. The SMILES string of the molecule is CC(C(=O)NC1CC1)n1c(N)nc2c(F)cc(F)cc21. The molecule has 1 aromatic heterocycles. The molecule has 0 spiro atoms. The third-order valence-corrected chi connectivity index (χ3v) is 3.43. The summed E-state index contributed by atoms with van der Waals surface area (Å²) in [5, 5.41) is 2.83. The number of anilines is 1. The Balaban J connectivity index is 2.05. The number of nitrogens with zero attached hydrogens (tertiary/aromatic N) is 2. The molecule has 0 saturated heterocycles. The minimum atomic E-state index is -0.791. The number of rotatable bonds is 3. The molecule has 1 aliphatic carbocycles. The van der Waals surface area contributed by atoms with Crippen LogP contribution in [0.2, 0.25) is 0 Å². The van der Waals surface area contributed by atoms with E-state index in [1.807, 2.05) is 0 Å². The van der Waals surface area contributed by atoms with Crippen LogP contribution in [0, 0.1) is 11.6 Å². The van der Waals surface area contributed by atoms with Gasteiger partial charge in [-0.25, -0.2) is 13.8 Å². The monoisotopic (exact) mass is 280 g/mol. The summed E-state index contributed by atoms with van der Waals surface area (Å²) in [5.41, 5.74) is 5.89. The Labute approximate surface area is 113 Å².